The molecule has 0 unspecified atom stereocenters. The molecule has 44 valence electrons. The van der Waals surface area contributed by atoms with Gasteiger partial charge in [0.05, 0.1) is 0 Å². The highest BCUT2D eigenvalue weighted by molar-refractivity contribution is 5.19. The van der Waals surface area contributed by atoms with Gasteiger partial charge in [0.1, 0.15) is 0 Å². The van der Waals surface area contributed by atoms with Gasteiger partial charge in [0.2, 0.25) is 0 Å². The van der Waals surface area contributed by atoms with Gasteiger partial charge in [-0.05, 0) is 18.4 Å². The number of allylic oxidation sites excluding steroid dienone is 1. The summed E-state index contributed by atoms with van der Waals surface area (Å²) in [6.45, 7) is 0.857. The van der Waals surface area contributed by atoms with Crippen molar-refractivity contribution < 1.29 is 0 Å². The van der Waals surface area contributed by atoms with Crippen molar-refractivity contribution in [1.29, 1.82) is 0 Å². The van der Waals surface area contributed by atoms with E-state index in [2.05, 4.69) is 10.7 Å². The largest absolute Gasteiger partial charge is 0.387 e. The molecular weight excluding hydrogens is 102 g/mol. The number of hydrogen-bond donors (Lipinski definition) is 3. The van der Waals surface area contributed by atoms with Crippen molar-refractivity contribution >= 4 is 0 Å². The molecule has 1 aliphatic heterocycles. The molecule has 0 radical (unpaired) electrons. The van der Waals surface area contributed by atoms with Gasteiger partial charge in [0.25, 0.3) is 0 Å². The van der Waals surface area contributed by atoms with Crippen LogP contribution in [-0.2, 0) is 0 Å². The van der Waals surface area contributed by atoms with Gasteiger partial charge in [-0.15, -0.1) is 0 Å². The lowest BCUT2D eigenvalue weighted by molar-refractivity contribution is 0.863. The molecule has 0 spiro atoms. The summed E-state index contributed by atoms with van der Waals surface area (Å²) in [5.41, 5.74) is 3.50. The first-order chi connectivity index (χ1) is 3.93. The topological polar surface area (TPSA) is 50.1 Å². The van der Waals surface area contributed by atoms with Crippen molar-refractivity contribution in [3.05, 3.63) is 24.0 Å². The van der Waals surface area contributed by atoms with E-state index in [0.717, 1.165) is 12.2 Å². The van der Waals surface area contributed by atoms with Gasteiger partial charge >= 0.3 is 0 Å². The van der Waals surface area contributed by atoms with Gasteiger partial charge in [-0.25, -0.2) is 0 Å². The number of nitrogens with two attached hydrogens (primary N) is 1. The molecule has 3 nitrogen and oxygen atoms in total. The van der Waals surface area contributed by atoms with Crippen molar-refractivity contribution in [3.63, 3.8) is 0 Å². The zero-order valence-corrected chi connectivity index (χ0v) is 4.52. The first-order valence-electron chi connectivity index (χ1n) is 2.50. The first kappa shape index (κ1) is 5.18. The Labute approximate surface area is 48.2 Å². The van der Waals surface area contributed by atoms with Gasteiger partial charge in [0, 0.05) is 12.2 Å². The molecule has 0 bridgehead atoms. The number of hydrazine groups is 1. The normalized spacial score (nSPS) is 16.9. The summed E-state index contributed by atoms with van der Waals surface area (Å²) in [6, 6.07) is 0. The van der Waals surface area contributed by atoms with E-state index in [9.17, 15) is 0 Å². The Morgan fingerprint density at radius 3 is 3.00 bits per heavy atom. The van der Waals surface area contributed by atoms with Crippen LogP contribution in [0, 0.1) is 0 Å². The van der Waals surface area contributed by atoms with E-state index < -0.39 is 0 Å². The monoisotopic (exact) mass is 111 g/mol. The summed E-state index contributed by atoms with van der Waals surface area (Å²) < 4.78 is 0. The third-order valence-corrected chi connectivity index (χ3v) is 0.987. The van der Waals surface area contributed by atoms with Crippen LogP contribution in [-0.4, -0.2) is 6.54 Å². The Morgan fingerprint density at radius 2 is 2.62 bits per heavy atom. The highest BCUT2D eigenvalue weighted by Crippen LogP contribution is 1.91. The Balaban J connectivity index is 2.51. The number of dihydropyridines is 1. The van der Waals surface area contributed by atoms with Gasteiger partial charge < -0.3 is 10.7 Å². The number of hydrogen-bond acceptors (Lipinski definition) is 3. The molecule has 0 amide bonds. The highest BCUT2D eigenvalue weighted by atomic mass is 15.2. The maximum atomic E-state index is 5.11. The average molecular weight is 111 g/mol. The molecule has 0 aliphatic carbocycles. The maximum Gasteiger partial charge on any atom is 0.0477 e. The van der Waals surface area contributed by atoms with E-state index in [1.807, 2.05) is 18.4 Å². The lowest BCUT2D eigenvalue weighted by atomic mass is 10.3. The van der Waals surface area contributed by atoms with Crippen molar-refractivity contribution in [1.82, 2.24) is 10.7 Å². The smallest absolute Gasteiger partial charge is 0.0477 e. The van der Waals surface area contributed by atoms with Gasteiger partial charge in [-0.3, -0.25) is 5.84 Å². The minimum Gasteiger partial charge on any atom is -0.387 e. The second kappa shape index (κ2) is 2.37. The summed E-state index contributed by atoms with van der Waals surface area (Å²) in [5.74, 6) is 5.11. The molecule has 0 aromatic heterocycles. The fraction of sp³-hybridized carbons (Fsp3) is 0.200. The number of rotatable bonds is 1. The fourth-order valence-electron chi connectivity index (χ4n) is 0.561. The second-order valence-corrected chi connectivity index (χ2v) is 1.55. The Morgan fingerprint density at radius 1 is 1.75 bits per heavy atom. The third kappa shape index (κ3) is 1.01. The molecule has 4 N–H and O–H groups in total. The van der Waals surface area contributed by atoms with Gasteiger partial charge in [-0.1, -0.05) is 0 Å². The van der Waals surface area contributed by atoms with Crippen molar-refractivity contribution in [2.24, 2.45) is 5.84 Å². The van der Waals surface area contributed by atoms with E-state index in [4.69, 9.17) is 5.84 Å². The fourth-order valence-corrected chi connectivity index (χ4v) is 0.561. The van der Waals surface area contributed by atoms with Crippen molar-refractivity contribution in [3.8, 4) is 0 Å². The molecule has 1 aliphatic rings. The summed E-state index contributed by atoms with van der Waals surface area (Å²) in [4.78, 5) is 0. The van der Waals surface area contributed by atoms with Crippen molar-refractivity contribution in [2.45, 2.75) is 0 Å². The molecule has 0 aromatic carbocycles. The van der Waals surface area contributed by atoms with E-state index >= 15 is 0 Å². The third-order valence-electron chi connectivity index (χ3n) is 0.987. The van der Waals surface area contributed by atoms with E-state index in [-0.39, 0.29) is 0 Å². The second-order valence-electron chi connectivity index (χ2n) is 1.55. The molecule has 1 heterocycles. The van der Waals surface area contributed by atoms with Crippen molar-refractivity contribution in [2.75, 3.05) is 6.54 Å². The van der Waals surface area contributed by atoms with Crippen LogP contribution in [0.15, 0.2) is 24.0 Å². The van der Waals surface area contributed by atoms with Crippen LogP contribution in [0.1, 0.15) is 0 Å². The lowest BCUT2D eigenvalue weighted by Crippen LogP contribution is -2.23. The molecular formula is C5H9N3. The van der Waals surface area contributed by atoms with Gasteiger partial charge in [0.15, 0.2) is 0 Å². The summed E-state index contributed by atoms with van der Waals surface area (Å²) in [7, 11) is 0. The SMILES string of the molecule is NNC1=CCNC=C1. The van der Waals surface area contributed by atoms with E-state index in [1.54, 1.807) is 0 Å². The predicted molar refractivity (Wildman–Crippen MR) is 32.5 cm³/mol. The number of nitrogens with one attached hydrogen (secondary N) is 2. The minimum atomic E-state index is 0.857. The zero-order chi connectivity index (χ0) is 5.82. The van der Waals surface area contributed by atoms with Crippen LogP contribution < -0.4 is 16.6 Å². The maximum absolute atomic E-state index is 5.11. The van der Waals surface area contributed by atoms with Crippen LogP contribution in [0.2, 0.25) is 0 Å². The minimum absolute atomic E-state index is 0.857. The van der Waals surface area contributed by atoms with Crippen LogP contribution in [0.5, 0.6) is 0 Å². The first-order valence-corrected chi connectivity index (χ1v) is 2.50. The molecule has 0 aromatic rings. The predicted octanol–water partition coefficient (Wildman–Crippen LogP) is -0.550. The lowest BCUT2D eigenvalue weighted by Gasteiger charge is -2.05. The van der Waals surface area contributed by atoms with Crippen LogP contribution >= 0.6 is 0 Å². The Kier molecular flexibility index (Phi) is 1.54. The zero-order valence-electron chi connectivity index (χ0n) is 4.52. The summed E-state index contributed by atoms with van der Waals surface area (Å²) in [5, 5.41) is 3.00. The molecule has 3 heteroatoms. The molecule has 0 atom stereocenters. The molecule has 0 saturated carbocycles. The standard InChI is InChI=1S/C5H9N3/c6-8-5-1-3-7-4-2-5/h1-3,7-8H,4,6H2. The molecule has 1 rings (SSSR count). The van der Waals surface area contributed by atoms with Gasteiger partial charge in [-0.2, -0.15) is 0 Å². The molecule has 0 saturated heterocycles. The average Bonchev–Trinajstić information content (AvgIpc) is 1.90. The highest BCUT2D eigenvalue weighted by Gasteiger charge is 1.89. The quantitative estimate of drug-likeness (QED) is 0.314. The van der Waals surface area contributed by atoms with E-state index in [0.29, 0.717) is 0 Å². The van der Waals surface area contributed by atoms with Crippen LogP contribution in [0.3, 0.4) is 0 Å². The van der Waals surface area contributed by atoms with Crippen LogP contribution in [0.25, 0.3) is 0 Å². The summed E-state index contributed by atoms with van der Waals surface area (Å²) in [6.07, 6.45) is 5.71. The van der Waals surface area contributed by atoms with Crippen LogP contribution in [0.4, 0.5) is 0 Å². The molecule has 8 heavy (non-hydrogen) atoms. The van der Waals surface area contributed by atoms with E-state index in [1.165, 1.54) is 0 Å². The summed E-state index contributed by atoms with van der Waals surface area (Å²) >= 11 is 0. The Hall–Kier alpha value is -0.960. The Bertz CT molecular complexity index is 126. The molecule has 0 fully saturated rings.